The van der Waals surface area contributed by atoms with Crippen molar-refractivity contribution in [2.45, 2.75) is 39.0 Å². The Hall–Kier alpha value is -2.41. The fourth-order valence-corrected chi connectivity index (χ4v) is 3.07. The van der Waals surface area contributed by atoms with E-state index in [1.807, 2.05) is 18.5 Å². The number of aryl methyl sites for hydroxylation is 3. The second-order valence-corrected chi connectivity index (χ2v) is 6.38. The molecule has 0 aliphatic rings. The molecule has 0 aliphatic heterocycles. The van der Waals surface area contributed by atoms with Crippen LogP contribution in [0.2, 0.25) is 0 Å². The van der Waals surface area contributed by atoms with Crippen LogP contribution in [0.15, 0.2) is 73.1 Å². The average Bonchev–Trinajstić information content (AvgIpc) is 2.63. The third kappa shape index (κ3) is 4.79. The molecule has 1 aromatic heterocycles. The van der Waals surface area contributed by atoms with Crippen molar-refractivity contribution in [1.82, 2.24) is 4.98 Å². The van der Waals surface area contributed by atoms with Gasteiger partial charge in [-0.3, -0.25) is 4.98 Å². The Labute approximate surface area is 145 Å². The molecule has 0 fully saturated rings. The Balaban J connectivity index is 1.54. The Morgan fingerprint density at radius 2 is 1.42 bits per heavy atom. The van der Waals surface area contributed by atoms with Crippen molar-refractivity contribution in [1.29, 1.82) is 0 Å². The third-order valence-electron chi connectivity index (χ3n) is 4.48. The molecule has 2 aromatic carbocycles. The van der Waals surface area contributed by atoms with Gasteiger partial charge in [-0.2, -0.15) is 0 Å². The molecule has 0 bridgehead atoms. The van der Waals surface area contributed by atoms with E-state index >= 15 is 0 Å². The number of hydrogen-bond acceptors (Lipinski definition) is 1. The van der Waals surface area contributed by atoms with Gasteiger partial charge in [0.25, 0.3) is 0 Å². The maximum atomic E-state index is 4.20. The summed E-state index contributed by atoms with van der Waals surface area (Å²) in [5.74, 6) is 0. The molecule has 24 heavy (non-hydrogen) atoms. The normalized spacial score (nSPS) is 10.7. The van der Waals surface area contributed by atoms with Crippen LogP contribution in [-0.2, 0) is 25.7 Å². The Bertz CT molecular complexity index is 745. The van der Waals surface area contributed by atoms with Crippen LogP contribution in [0.1, 0.15) is 41.2 Å². The third-order valence-corrected chi connectivity index (χ3v) is 4.48. The molecule has 1 heteroatoms. The minimum absolute atomic E-state index is 0.958. The lowest BCUT2D eigenvalue weighted by Crippen LogP contribution is -1.94. The van der Waals surface area contributed by atoms with Crippen LogP contribution in [0.4, 0.5) is 0 Å². The quantitative estimate of drug-likeness (QED) is 0.568. The number of aromatic nitrogens is 1. The highest BCUT2D eigenvalue weighted by molar-refractivity contribution is 5.29. The maximum absolute atomic E-state index is 4.20. The largest absolute Gasteiger partial charge is 0.264 e. The molecule has 0 radical (unpaired) electrons. The smallest absolute Gasteiger partial charge is 0.0303 e. The second-order valence-electron chi connectivity index (χ2n) is 6.38. The van der Waals surface area contributed by atoms with Crippen LogP contribution in [0.3, 0.4) is 0 Å². The number of rotatable bonds is 7. The summed E-state index contributed by atoms with van der Waals surface area (Å²) in [7, 11) is 0. The summed E-state index contributed by atoms with van der Waals surface area (Å²) in [4.78, 5) is 4.20. The molecule has 122 valence electrons. The minimum atomic E-state index is 0.958. The van der Waals surface area contributed by atoms with Gasteiger partial charge < -0.3 is 0 Å². The highest BCUT2D eigenvalue weighted by Gasteiger charge is 2.00. The van der Waals surface area contributed by atoms with Crippen molar-refractivity contribution in [3.05, 3.63) is 101 Å². The van der Waals surface area contributed by atoms with E-state index in [2.05, 4.69) is 66.5 Å². The van der Waals surface area contributed by atoms with Crippen molar-refractivity contribution in [3.63, 3.8) is 0 Å². The zero-order valence-corrected chi connectivity index (χ0v) is 14.4. The standard InChI is InChI=1S/C23H25N/c1-2-19-11-13-20(14-12-19)6-3-7-21-8-4-9-22(16-21)17-23-10-5-15-24-18-23/h4-5,8-16,18H,2-3,6-7,17H2,1H3. The van der Waals surface area contributed by atoms with Gasteiger partial charge in [-0.05, 0) is 66.0 Å². The number of nitrogens with zero attached hydrogens (tertiary/aromatic N) is 1. The van der Waals surface area contributed by atoms with Gasteiger partial charge in [-0.1, -0.05) is 61.5 Å². The lowest BCUT2D eigenvalue weighted by molar-refractivity contribution is 0.819. The van der Waals surface area contributed by atoms with E-state index in [4.69, 9.17) is 0 Å². The summed E-state index contributed by atoms with van der Waals surface area (Å²) in [5, 5.41) is 0. The maximum Gasteiger partial charge on any atom is 0.0303 e. The first-order chi connectivity index (χ1) is 11.8. The molecule has 0 N–H and O–H groups in total. The SMILES string of the molecule is CCc1ccc(CCCc2cccc(Cc3cccnc3)c2)cc1. The van der Waals surface area contributed by atoms with Gasteiger partial charge in [0.2, 0.25) is 0 Å². The first-order valence-electron chi connectivity index (χ1n) is 8.88. The van der Waals surface area contributed by atoms with Crippen molar-refractivity contribution in [2.24, 2.45) is 0 Å². The summed E-state index contributed by atoms with van der Waals surface area (Å²) in [6, 6.07) is 22.2. The van der Waals surface area contributed by atoms with E-state index in [-0.39, 0.29) is 0 Å². The van der Waals surface area contributed by atoms with E-state index in [0.717, 1.165) is 25.7 Å². The molecular weight excluding hydrogens is 290 g/mol. The molecule has 3 rings (SSSR count). The summed E-state index contributed by atoms with van der Waals surface area (Å²) < 4.78 is 0. The van der Waals surface area contributed by atoms with Crippen LogP contribution >= 0.6 is 0 Å². The molecule has 1 heterocycles. The molecular formula is C23H25N. The summed E-state index contributed by atoms with van der Waals surface area (Å²) in [5.41, 5.74) is 6.93. The van der Waals surface area contributed by atoms with Crippen LogP contribution < -0.4 is 0 Å². The molecule has 1 nitrogen and oxygen atoms in total. The molecule has 0 amide bonds. The van der Waals surface area contributed by atoms with Gasteiger partial charge in [0.1, 0.15) is 0 Å². The first kappa shape index (κ1) is 16.4. The van der Waals surface area contributed by atoms with E-state index < -0.39 is 0 Å². The highest BCUT2D eigenvalue weighted by atomic mass is 14.6. The summed E-state index contributed by atoms with van der Waals surface area (Å²) in [6.45, 7) is 2.20. The summed E-state index contributed by atoms with van der Waals surface area (Å²) in [6.07, 6.45) is 9.33. The van der Waals surface area contributed by atoms with Crippen LogP contribution in [0.5, 0.6) is 0 Å². The fraction of sp³-hybridized carbons (Fsp3) is 0.261. The lowest BCUT2D eigenvalue weighted by atomic mass is 9.99. The molecule has 0 unspecified atom stereocenters. The molecule has 0 saturated heterocycles. The highest BCUT2D eigenvalue weighted by Crippen LogP contribution is 2.14. The first-order valence-corrected chi connectivity index (χ1v) is 8.88. The fourth-order valence-electron chi connectivity index (χ4n) is 3.07. The predicted octanol–water partition coefficient (Wildman–Crippen LogP) is 5.41. The predicted molar refractivity (Wildman–Crippen MR) is 101 cm³/mol. The molecule has 0 saturated carbocycles. The molecule has 3 aromatic rings. The topological polar surface area (TPSA) is 12.9 Å². The van der Waals surface area contributed by atoms with Crippen molar-refractivity contribution >= 4 is 0 Å². The number of pyridine rings is 1. The number of benzene rings is 2. The average molecular weight is 315 g/mol. The van der Waals surface area contributed by atoms with Crippen molar-refractivity contribution < 1.29 is 0 Å². The van der Waals surface area contributed by atoms with Gasteiger partial charge in [0, 0.05) is 12.4 Å². The van der Waals surface area contributed by atoms with Gasteiger partial charge in [-0.25, -0.2) is 0 Å². The minimum Gasteiger partial charge on any atom is -0.264 e. The Kier molecular flexibility index (Phi) is 5.79. The van der Waals surface area contributed by atoms with E-state index in [0.29, 0.717) is 0 Å². The Morgan fingerprint density at radius 1 is 0.708 bits per heavy atom. The molecule has 0 spiro atoms. The molecule has 0 aliphatic carbocycles. The van der Waals surface area contributed by atoms with Crippen molar-refractivity contribution in [2.75, 3.05) is 0 Å². The van der Waals surface area contributed by atoms with E-state index in [9.17, 15) is 0 Å². The van der Waals surface area contributed by atoms with E-state index in [1.54, 1.807) is 0 Å². The van der Waals surface area contributed by atoms with Crippen LogP contribution in [-0.4, -0.2) is 4.98 Å². The monoisotopic (exact) mass is 315 g/mol. The zero-order chi connectivity index (χ0) is 16.6. The van der Waals surface area contributed by atoms with E-state index in [1.165, 1.54) is 34.2 Å². The zero-order valence-electron chi connectivity index (χ0n) is 14.4. The van der Waals surface area contributed by atoms with Crippen LogP contribution in [0, 0.1) is 0 Å². The Morgan fingerprint density at radius 3 is 2.17 bits per heavy atom. The lowest BCUT2D eigenvalue weighted by Gasteiger charge is -2.06. The van der Waals surface area contributed by atoms with Gasteiger partial charge >= 0.3 is 0 Å². The summed E-state index contributed by atoms with van der Waals surface area (Å²) >= 11 is 0. The molecule has 0 atom stereocenters. The number of hydrogen-bond donors (Lipinski definition) is 0. The van der Waals surface area contributed by atoms with Gasteiger partial charge in [0.15, 0.2) is 0 Å². The second kappa shape index (κ2) is 8.44. The van der Waals surface area contributed by atoms with Gasteiger partial charge in [-0.15, -0.1) is 0 Å². The van der Waals surface area contributed by atoms with Crippen LogP contribution in [0.25, 0.3) is 0 Å². The van der Waals surface area contributed by atoms with Crippen molar-refractivity contribution in [3.8, 4) is 0 Å². The van der Waals surface area contributed by atoms with Gasteiger partial charge in [0.05, 0.1) is 0 Å².